The molecule has 0 radical (unpaired) electrons. The molecule has 5 heteroatoms. The number of nitrogens with one attached hydrogen (secondary N) is 1. The van der Waals surface area contributed by atoms with Crippen molar-refractivity contribution in [3.63, 3.8) is 0 Å². The van der Waals surface area contributed by atoms with Crippen molar-refractivity contribution in [3.8, 4) is 0 Å². The van der Waals surface area contributed by atoms with Crippen LogP contribution in [0.1, 0.15) is 25.3 Å². The summed E-state index contributed by atoms with van der Waals surface area (Å²) in [4.78, 5) is 16.2. The maximum atomic E-state index is 12.2. The summed E-state index contributed by atoms with van der Waals surface area (Å²) >= 11 is 3.62. The van der Waals surface area contributed by atoms with E-state index in [2.05, 4.69) is 46.4 Å². The fraction of sp³-hybridized carbons (Fsp3) is 0.562. The quantitative estimate of drug-likeness (QED) is 0.853. The molecule has 1 fully saturated rings. The van der Waals surface area contributed by atoms with Crippen LogP contribution in [0.15, 0.2) is 22.7 Å². The topological polar surface area (TPSA) is 35.6 Å². The van der Waals surface area contributed by atoms with Crippen molar-refractivity contribution in [1.82, 2.24) is 10.2 Å². The van der Waals surface area contributed by atoms with Gasteiger partial charge in [-0.25, -0.2) is 0 Å². The number of rotatable bonds is 6. The Bertz CT molecular complexity index is 486. The Morgan fingerprint density at radius 1 is 1.38 bits per heavy atom. The van der Waals surface area contributed by atoms with Crippen molar-refractivity contribution < 1.29 is 4.79 Å². The zero-order valence-electron chi connectivity index (χ0n) is 12.9. The molecule has 1 aromatic rings. The van der Waals surface area contributed by atoms with Crippen molar-refractivity contribution >= 4 is 27.5 Å². The number of likely N-dealkylation sites (tertiary alicyclic amines) is 1. The molecule has 2 rings (SSSR count). The molecule has 1 saturated heterocycles. The summed E-state index contributed by atoms with van der Waals surface area (Å²) in [6, 6.07) is 6.31. The van der Waals surface area contributed by atoms with Crippen molar-refractivity contribution in [1.29, 1.82) is 0 Å². The molecule has 1 N–H and O–H groups in total. The smallest absolute Gasteiger partial charge is 0.242 e. The molecular formula is C16H24BrN3O. The van der Waals surface area contributed by atoms with Crippen LogP contribution < -0.4 is 10.2 Å². The molecule has 0 aliphatic carbocycles. The minimum absolute atomic E-state index is 0.221. The van der Waals surface area contributed by atoms with E-state index >= 15 is 0 Å². The number of halogens is 1. The van der Waals surface area contributed by atoms with Crippen LogP contribution in [0.3, 0.4) is 0 Å². The zero-order valence-corrected chi connectivity index (χ0v) is 14.4. The molecule has 116 valence electrons. The minimum Gasteiger partial charge on any atom is -0.364 e. The van der Waals surface area contributed by atoms with E-state index in [0.29, 0.717) is 6.54 Å². The lowest BCUT2D eigenvalue weighted by atomic mass is 10.2. The van der Waals surface area contributed by atoms with Gasteiger partial charge in [-0.2, -0.15) is 0 Å². The summed E-state index contributed by atoms with van der Waals surface area (Å²) in [5, 5.41) is 3.31. The van der Waals surface area contributed by atoms with Gasteiger partial charge in [0.15, 0.2) is 0 Å². The Hall–Kier alpha value is -1.07. The summed E-state index contributed by atoms with van der Waals surface area (Å²) in [5.41, 5.74) is 2.30. The Kier molecular flexibility index (Phi) is 6.06. The average molecular weight is 354 g/mol. The highest BCUT2D eigenvalue weighted by atomic mass is 79.9. The largest absolute Gasteiger partial charge is 0.364 e. The Labute approximate surface area is 135 Å². The molecule has 0 unspecified atom stereocenters. The summed E-state index contributed by atoms with van der Waals surface area (Å²) in [6.07, 6.45) is 2.27. The molecule has 0 saturated carbocycles. The molecule has 1 aromatic carbocycles. The molecule has 1 amide bonds. The fourth-order valence-electron chi connectivity index (χ4n) is 2.59. The van der Waals surface area contributed by atoms with E-state index in [-0.39, 0.29) is 5.91 Å². The number of benzene rings is 1. The number of carbonyl (C=O) groups is 1. The highest BCUT2D eigenvalue weighted by Gasteiger charge is 2.19. The van der Waals surface area contributed by atoms with E-state index in [4.69, 9.17) is 0 Å². The second-order valence-electron chi connectivity index (χ2n) is 5.51. The van der Waals surface area contributed by atoms with Gasteiger partial charge in [-0.15, -0.1) is 0 Å². The molecule has 4 nitrogen and oxygen atoms in total. The summed E-state index contributed by atoms with van der Waals surface area (Å²) < 4.78 is 1.04. The van der Waals surface area contributed by atoms with Crippen LogP contribution in [-0.2, 0) is 11.3 Å². The van der Waals surface area contributed by atoms with Crippen molar-refractivity contribution in [3.05, 3.63) is 28.2 Å². The number of likely N-dealkylation sites (N-methyl/N-ethyl adjacent to an activating group) is 1. The second-order valence-corrected chi connectivity index (χ2v) is 6.36. The van der Waals surface area contributed by atoms with Crippen molar-refractivity contribution in [2.45, 2.75) is 26.3 Å². The lowest BCUT2D eigenvalue weighted by Crippen LogP contribution is -2.37. The molecule has 0 spiro atoms. The van der Waals surface area contributed by atoms with Gasteiger partial charge >= 0.3 is 0 Å². The van der Waals surface area contributed by atoms with Gasteiger partial charge in [0.25, 0.3) is 0 Å². The molecular weight excluding hydrogens is 330 g/mol. The lowest BCUT2D eigenvalue weighted by molar-refractivity contribution is -0.128. The number of hydrogen-bond donors (Lipinski definition) is 1. The predicted octanol–water partition coefficient (Wildman–Crippen LogP) is 2.62. The molecule has 0 aromatic heterocycles. The van der Waals surface area contributed by atoms with Crippen LogP contribution in [0, 0.1) is 0 Å². The third-order valence-electron chi connectivity index (χ3n) is 3.83. The maximum Gasteiger partial charge on any atom is 0.242 e. The van der Waals surface area contributed by atoms with Gasteiger partial charge in [0.05, 0.1) is 12.2 Å². The lowest BCUT2D eigenvalue weighted by Gasteiger charge is -2.24. The fourth-order valence-corrected chi connectivity index (χ4v) is 3.32. The van der Waals surface area contributed by atoms with Gasteiger partial charge in [-0.1, -0.05) is 13.0 Å². The van der Waals surface area contributed by atoms with Gasteiger partial charge in [0.2, 0.25) is 5.91 Å². The first kappa shape index (κ1) is 16.3. The van der Waals surface area contributed by atoms with E-state index in [9.17, 15) is 4.79 Å². The van der Waals surface area contributed by atoms with E-state index in [1.807, 2.05) is 16.8 Å². The number of anilines is 1. The van der Waals surface area contributed by atoms with Gasteiger partial charge in [0.1, 0.15) is 0 Å². The second kappa shape index (κ2) is 7.80. The monoisotopic (exact) mass is 353 g/mol. The maximum absolute atomic E-state index is 12.2. The van der Waals surface area contributed by atoms with Crippen LogP contribution in [0.2, 0.25) is 0 Å². The number of amides is 1. The minimum atomic E-state index is 0.221. The van der Waals surface area contributed by atoms with Gasteiger partial charge < -0.3 is 15.1 Å². The van der Waals surface area contributed by atoms with Gasteiger partial charge in [0, 0.05) is 31.2 Å². The van der Waals surface area contributed by atoms with Crippen LogP contribution >= 0.6 is 15.9 Å². The number of hydrogen-bond acceptors (Lipinski definition) is 3. The molecule has 21 heavy (non-hydrogen) atoms. The molecule has 1 aliphatic rings. The zero-order chi connectivity index (χ0) is 15.2. The molecule has 0 bridgehead atoms. The number of nitrogens with zero attached hydrogens (tertiary/aromatic N) is 2. The highest BCUT2D eigenvalue weighted by Crippen LogP contribution is 2.26. The third-order valence-corrected chi connectivity index (χ3v) is 4.47. The van der Waals surface area contributed by atoms with Crippen LogP contribution in [0.5, 0.6) is 0 Å². The first-order valence-electron chi connectivity index (χ1n) is 7.60. The normalized spacial score (nSPS) is 14.5. The Balaban J connectivity index is 1.98. The SMILES string of the molecule is CCNCc1ccc(N(C)CC(=O)N2CCCC2)c(Br)c1. The molecule has 0 atom stereocenters. The van der Waals surface area contributed by atoms with Crippen LogP contribution in [0.4, 0.5) is 5.69 Å². The van der Waals surface area contributed by atoms with Gasteiger partial charge in [-0.05, 0) is 53.0 Å². The van der Waals surface area contributed by atoms with Crippen molar-refractivity contribution in [2.75, 3.05) is 38.1 Å². The van der Waals surface area contributed by atoms with E-state index in [0.717, 1.165) is 49.2 Å². The molecule has 1 heterocycles. The Morgan fingerprint density at radius 3 is 2.71 bits per heavy atom. The summed E-state index contributed by atoms with van der Waals surface area (Å²) in [5.74, 6) is 0.221. The van der Waals surface area contributed by atoms with Crippen LogP contribution in [0.25, 0.3) is 0 Å². The van der Waals surface area contributed by atoms with Crippen LogP contribution in [-0.4, -0.2) is 44.0 Å². The first-order valence-corrected chi connectivity index (χ1v) is 8.39. The highest BCUT2D eigenvalue weighted by molar-refractivity contribution is 9.10. The third kappa shape index (κ3) is 4.45. The summed E-state index contributed by atoms with van der Waals surface area (Å²) in [6.45, 7) is 6.19. The first-order chi connectivity index (χ1) is 10.1. The standard InChI is InChI=1S/C16H24BrN3O/c1-3-18-11-13-6-7-15(14(17)10-13)19(2)12-16(21)20-8-4-5-9-20/h6-7,10,18H,3-5,8-9,11-12H2,1-2H3. The summed E-state index contributed by atoms with van der Waals surface area (Å²) in [7, 11) is 1.97. The average Bonchev–Trinajstić information content (AvgIpc) is 2.99. The molecule has 1 aliphatic heterocycles. The van der Waals surface area contributed by atoms with Crippen molar-refractivity contribution in [2.24, 2.45) is 0 Å². The Morgan fingerprint density at radius 2 is 2.10 bits per heavy atom. The number of carbonyl (C=O) groups excluding carboxylic acids is 1. The van der Waals surface area contributed by atoms with E-state index in [1.54, 1.807) is 0 Å². The van der Waals surface area contributed by atoms with E-state index in [1.165, 1.54) is 5.56 Å². The van der Waals surface area contributed by atoms with E-state index < -0.39 is 0 Å². The predicted molar refractivity (Wildman–Crippen MR) is 90.6 cm³/mol. The van der Waals surface area contributed by atoms with Gasteiger partial charge in [-0.3, -0.25) is 4.79 Å².